The molecule has 0 radical (unpaired) electrons. The lowest BCUT2D eigenvalue weighted by molar-refractivity contribution is 0.112. The summed E-state index contributed by atoms with van der Waals surface area (Å²) in [6.45, 7) is 1.50. The van der Waals surface area contributed by atoms with E-state index >= 15 is 0 Å². The number of rotatable bonds is 2. The largest absolute Gasteiger partial charge is 0.379 e. The zero-order valence-electron chi connectivity index (χ0n) is 6.64. The summed E-state index contributed by atoms with van der Waals surface area (Å²) >= 11 is 0. The molecule has 0 bridgehead atoms. The minimum absolute atomic E-state index is 0.318. The van der Waals surface area contributed by atoms with Crippen LogP contribution in [0.15, 0.2) is 12.4 Å². The Bertz CT molecular complexity index is 276. The first kappa shape index (κ1) is 7.49. The summed E-state index contributed by atoms with van der Waals surface area (Å²) in [7, 11) is 0. The van der Waals surface area contributed by atoms with E-state index in [4.69, 9.17) is 4.74 Å². The van der Waals surface area contributed by atoms with Crippen molar-refractivity contribution < 1.29 is 9.53 Å². The van der Waals surface area contributed by atoms with Crippen molar-refractivity contribution in [2.45, 2.75) is 12.5 Å². The fourth-order valence-corrected chi connectivity index (χ4v) is 1.34. The first-order chi connectivity index (χ1) is 5.90. The highest BCUT2D eigenvalue weighted by Gasteiger charge is 2.17. The van der Waals surface area contributed by atoms with Gasteiger partial charge in [-0.05, 0) is 6.42 Å². The first-order valence-corrected chi connectivity index (χ1v) is 3.97. The maximum atomic E-state index is 10.4. The van der Waals surface area contributed by atoms with Gasteiger partial charge < -0.3 is 4.74 Å². The van der Waals surface area contributed by atoms with Crippen LogP contribution in [0.2, 0.25) is 0 Å². The van der Waals surface area contributed by atoms with Crippen LogP contribution in [-0.2, 0) is 4.74 Å². The molecule has 0 aliphatic carbocycles. The number of nitrogens with zero attached hydrogens (tertiary/aromatic N) is 2. The molecular formula is C8H10N2O2. The lowest BCUT2D eigenvalue weighted by atomic mass is 10.3. The molecule has 2 rings (SSSR count). The second-order valence-corrected chi connectivity index (χ2v) is 2.89. The minimum atomic E-state index is 0.318. The molecule has 64 valence electrons. The summed E-state index contributed by atoms with van der Waals surface area (Å²) in [6.07, 6.45) is 5.12. The third-order valence-corrected chi connectivity index (χ3v) is 2.04. The Morgan fingerprint density at radius 3 is 3.25 bits per heavy atom. The lowest BCUT2D eigenvalue weighted by Crippen LogP contribution is -2.08. The average molecular weight is 166 g/mol. The number of hydrogen-bond acceptors (Lipinski definition) is 3. The number of hydrogen-bond donors (Lipinski definition) is 0. The van der Waals surface area contributed by atoms with Gasteiger partial charge >= 0.3 is 0 Å². The molecule has 1 aromatic heterocycles. The van der Waals surface area contributed by atoms with E-state index in [0.717, 1.165) is 19.3 Å². The number of aldehydes is 1. The lowest BCUT2D eigenvalue weighted by Gasteiger charge is -2.06. The van der Waals surface area contributed by atoms with Crippen molar-refractivity contribution >= 4 is 6.29 Å². The Labute approximate surface area is 70.1 Å². The van der Waals surface area contributed by atoms with Crippen LogP contribution in [0, 0.1) is 0 Å². The number of aromatic nitrogens is 2. The number of carbonyl (C=O) groups is 1. The van der Waals surface area contributed by atoms with E-state index in [1.54, 1.807) is 17.1 Å². The molecule has 2 heterocycles. The second-order valence-electron chi connectivity index (χ2n) is 2.89. The Hall–Kier alpha value is -1.16. The summed E-state index contributed by atoms with van der Waals surface area (Å²) in [5.74, 6) is 0. The normalized spacial score (nSPS) is 22.8. The minimum Gasteiger partial charge on any atom is -0.379 e. The molecule has 1 atom stereocenters. The SMILES string of the molecule is O=Cc1cnn([C@@H]2CCOC2)c1. The summed E-state index contributed by atoms with van der Waals surface area (Å²) < 4.78 is 7.01. The number of ether oxygens (including phenoxy) is 1. The zero-order valence-corrected chi connectivity index (χ0v) is 6.64. The maximum absolute atomic E-state index is 10.4. The van der Waals surface area contributed by atoms with Gasteiger partial charge in [-0.25, -0.2) is 0 Å². The highest BCUT2D eigenvalue weighted by molar-refractivity contribution is 5.73. The van der Waals surface area contributed by atoms with Crippen molar-refractivity contribution in [2.24, 2.45) is 0 Å². The molecule has 0 aromatic carbocycles. The fraction of sp³-hybridized carbons (Fsp3) is 0.500. The smallest absolute Gasteiger partial charge is 0.153 e. The Morgan fingerprint density at radius 2 is 2.67 bits per heavy atom. The molecule has 1 fully saturated rings. The van der Waals surface area contributed by atoms with Crippen LogP contribution in [0.5, 0.6) is 0 Å². The molecule has 1 saturated heterocycles. The van der Waals surface area contributed by atoms with Gasteiger partial charge in [0.25, 0.3) is 0 Å². The molecule has 1 aromatic rings. The summed E-state index contributed by atoms with van der Waals surface area (Å²) in [4.78, 5) is 10.4. The standard InChI is InChI=1S/C8H10N2O2/c11-5-7-3-9-10(4-7)8-1-2-12-6-8/h3-5,8H,1-2,6H2/t8-/m1/s1. The Morgan fingerprint density at radius 1 is 1.75 bits per heavy atom. The van der Waals surface area contributed by atoms with Crippen LogP contribution in [0.1, 0.15) is 22.8 Å². The second kappa shape index (κ2) is 3.06. The Balaban J connectivity index is 2.16. The topological polar surface area (TPSA) is 44.1 Å². The van der Waals surface area contributed by atoms with E-state index in [0.29, 0.717) is 18.2 Å². The fourth-order valence-electron chi connectivity index (χ4n) is 1.34. The Kier molecular flexibility index (Phi) is 1.91. The average Bonchev–Trinajstić information content (AvgIpc) is 2.75. The van der Waals surface area contributed by atoms with Gasteiger partial charge in [-0.2, -0.15) is 5.10 Å². The molecule has 0 N–H and O–H groups in total. The van der Waals surface area contributed by atoms with Crippen LogP contribution >= 0.6 is 0 Å². The number of carbonyl (C=O) groups excluding carboxylic acids is 1. The van der Waals surface area contributed by atoms with Crippen LogP contribution in [0.25, 0.3) is 0 Å². The zero-order chi connectivity index (χ0) is 8.39. The maximum Gasteiger partial charge on any atom is 0.153 e. The van der Waals surface area contributed by atoms with Crippen molar-refractivity contribution in [3.05, 3.63) is 18.0 Å². The molecule has 12 heavy (non-hydrogen) atoms. The highest BCUT2D eigenvalue weighted by atomic mass is 16.5. The molecular weight excluding hydrogens is 156 g/mol. The van der Waals surface area contributed by atoms with Crippen LogP contribution < -0.4 is 0 Å². The van der Waals surface area contributed by atoms with Gasteiger partial charge in [0.2, 0.25) is 0 Å². The molecule has 0 saturated carbocycles. The van der Waals surface area contributed by atoms with Gasteiger partial charge in [-0.15, -0.1) is 0 Å². The van der Waals surface area contributed by atoms with E-state index in [2.05, 4.69) is 5.10 Å². The van der Waals surface area contributed by atoms with E-state index in [9.17, 15) is 4.79 Å². The van der Waals surface area contributed by atoms with Crippen molar-refractivity contribution in [1.29, 1.82) is 0 Å². The van der Waals surface area contributed by atoms with E-state index in [1.807, 2.05) is 0 Å². The first-order valence-electron chi connectivity index (χ1n) is 3.97. The third-order valence-electron chi connectivity index (χ3n) is 2.04. The van der Waals surface area contributed by atoms with E-state index < -0.39 is 0 Å². The molecule has 1 aliphatic heterocycles. The monoisotopic (exact) mass is 166 g/mol. The van der Waals surface area contributed by atoms with Crippen LogP contribution in [-0.4, -0.2) is 29.3 Å². The van der Waals surface area contributed by atoms with Crippen molar-refractivity contribution in [3.8, 4) is 0 Å². The summed E-state index contributed by atoms with van der Waals surface area (Å²) in [5, 5.41) is 4.07. The van der Waals surface area contributed by atoms with Gasteiger partial charge in [0.05, 0.1) is 24.4 Å². The quantitative estimate of drug-likeness (QED) is 0.606. The third kappa shape index (κ3) is 1.25. The van der Waals surface area contributed by atoms with E-state index in [1.165, 1.54) is 0 Å². The van der Waals surface area contributed by atoms with Crippen LogP contribution in [0.4, 0.5) is 0 Å². The van der Waals surface area contributed by atoms with Gasteiger partial charge in [0.15, 0.2) is 6.29 Å². The van der Waals surface area contributed by atoms with Crippen molar-refractivity contribution in [1.82, 2.24) is 9.78 Å². The predicted molar refractivity (Wildman–Crippen MR) is 42.1 cm³/mol. The predicted octanol–water partition coefficient (Wildman–Crippen LogP) is 0.657. The molecule has 0 amide bonds. The van der Waals surface area contributed by atoms with Crippen LogP contribution in [0.3, 0.4) is 0 Å². The van der Waals surface area contributed by atoms with Gasteiger partial charge in [-0.1, -0.05) is 0 Å². The van der Waals surface area contributed by atoms with Gasteiger partial charge in [0.1, 0.15) is 0 Å². The molecule has 0 spiro atoms. The van der Waals surface area contributed by atoms with E-state index in [-0.39, 0.29) is 0 Å². The van der Waals surface area contributed by atoms with Gasteiger partial charge in [0, 0.05) is 12.8 Å². The van der Waals surface area contributed by atoms with Crippen molar-refractivity contribution in [2.75, 3.05) is 13.2 Å². The molecule has 4 heteroatoms. The summed E-state index contributed by atoms with van der Waals surface area (Å²) in [5.41, 5.74) is 0.627. The van der Waals surface area contributed by atoms with Gasteiger partial charge in [-0.3, -0.25) is 9.48 Å². The molecule has 4 nitrogen and oxygen atoms in total. The summed E-state index contributed by atoms with van der Waals surface area (Å²) in [6, 6.07) is 0.318. The molecule has 1 aliphatic rings. The molecule has 0 unspecified atom stereocenters. The highest BCUT2D eigenvalue weighted by Crippen LogP contribution is 2.17. The van der Waals surface area contributed by atoms with Crippen molar-refractivity contribution in [3.63, 3.8) is 0 Å².